The number of carbonyl (C=O) groups is 1. The average molecular weight is 406 g/mol. The maximum Gasteiger partial charge on any atom is 0.274 e. The summed E-state index contributed by atoms with van der Waals surface area (Å²) in [5, 5.41) is 6.15. The van der Waals surface area contributed by atoms with Crippen LogP contribution in [0.25, 0.3) is 11.1 Å². The molecule has 0 radical (unpaired) electrons. The molecule has 1 aliphatic rings. The molecule has 4 rings (SSSR count). The molecule has 1 aromatic carbocycles. The van der Waals surface area contributed by atoms with E-state index in [0.29, 0.717) is 18.2 Å². The fourth-order valence-corrected chi connectivity index (χ4v) is 3.14. The lowest BCUT2D eigenvalue weighted by Gasteiger charge is -2.23. The van der Waals surface area contributed by atoms with Gasteiger partial charge in [0.25, 0.3) is 5.91 Å². The van der Waals surface area contributed by atoms with E-state index in [2.05, 4.69) is 25.6 Å². The number of benzene rings is 1. The van der Waals surface area contributed by atoms with Crippen molar-refractivity contribution in [3.05, 3.63) is 66.7 Å². The number of pyridine rings is 1. The van der Waals surface area contributed by atoms with E-state index in [0.717, 1.165) is 30.6 Å². The largest absolute Gasteiger partial charge is 0.379 e. The van der Waals surface area contributed by atoms with Gasteiger partial charge in [0.05, 0.1) is 24.5 Å². The van der Waals surface area contributed by atoms with Gasteiger partial charge in [0.2, 0.25) is 5.95 Å². The molecule has 0 aliphatic carbocycles. The molecule has 0 bridgehead atoms. The summed E-state index contributed by atoms with van der Waals surface area (Å²) in [5.74, 6) is 0.119. The van der Waals surface area contributed by atoms with E-state index in [1.165, 1.54) is 0 Å². The number of hydrogen-bond acceptors (Lipinski definition) is 6. The Labute approximate surface area is 176 Å². The van der Waals surface area contributed by atoms with Crippen molar-refractivity contribution >= 4 is 17.5 Å². The second kappa shape index (κ2) is 11.0. The number of anilines is 2. The minimum Gasteiger partial charge on any atom is -0.379 e. The molecule has 2 aromatic heterocycles. The van der Waals surface area contributed by atoms with Gasteiger partial charge in [-0.3, -0.25) is 9.78 Å². The van der Waals surface area contributed by atoms with Crippen molar-refractivity contribution in [2.75, 3.05) is 23.8 Å². The highest BCUT2D eigenvalue weighted by Gasteiger charge is 2.16. The van der Waals surface area contributed by atoms with Gasteiger partial charge in [0, 0.05) is 24.6 Å². The van der Waals surface area contributed by atoms with Crippen LogP contribution in [0.1, 0.15) is 37.2 Å². The number of aromatic nitrogens is 3. The predicted molar refractivity (Wildman–Crippen MR) is 118 cm³/mol. The fraction of sp³-hybridized carbons (Fsp3) is 0.304. The smallest absolute Gasteiger partial charge is 0.274 e. The molecule has 1 saturated heterocycles. The molecule has 1 fully saturated rings. The van der Waals surface area contributed by atoms with Gasteiger partial charge in [-0.05, 0) is 30.5 Å². The van der Waals surface area contributed by atoms with E-state index in [9.17, 15) is 4.79 Å². The third-order valence-corrected chi connectivity index (χ3v) is 4.54. The number of hydrogen-bond donors (Lipinski definition) is 2. The Morgan fingerprint density at radius 2 is 1.93 bits per heavy atom. The molecular weight excluding hydrogens is 378 g/mol. The molecule has 30 heavy (non-hydrogen) atoms. The van der Waals surface area contributed by atoms with Crippen LogP contribution in [0.5, 0.6) is 0 Å². The standard InChI is InChI=1S/C21H21N5O2.C2H6/c27-20(18-9-11-23-21(26-18)24-16-7-4-12-28-14-16)25-19-13-22-10-8-17(19)15-5-2-1-3-6-15;1-2/h1-3,5-6,8-11,13,16H,4,7,12,14H2,(H,25,27)(H,23,24,26);1-2H3. The molecule has 1 atom stereocenters. The first-order chi connectivity index (χ1) is 14.8. The molecule has 1 aliphatic heterocycles. The molecule has 0 spiro atoms. The van der Waals surface area contributed by atoms with Crippen molar-refractivity contribution in [2.45, 2.75) is 32.7 Å². The van der Waals surface area contributed by atoms with Crippen LogP contribution >= 0.6 is 0 Å². The molecule has 3 aromatic rings. The summed E-state index contributed by atoms with van der Waals surface area (Å²) in [6.07, 6.45) is 6.92. The number of rotatable bonds is 5. The first kappa shape index (κ1) is 21.4. The number of amides is 1. The van der Waals surface area contributed by atoms with Crippen molar-refractivity contribution in [1.82, 2.24) is 15.0 Å². The van der Waals surface area contributed by atoms with E-state index in [1.54, 1.807) is 24.7 Å². The Morgan fingerprint density at radius 1 is 1.10 bits per heavy atom. The molecule has 3 heterocycles. The summed E-state index contributed by atoms with van der Waals surface area (Å²) in [7, 11) is 0. The highest BCUT2D eigenvalue weighted by molar-refractivity contribution is 6.05. The number of nitrogens with zero attached hydrogens (tertiary/aromatic N) is 3. The maximum absolute atomic E-state index is 12.8. The van der Waals surface area contributed by atoms with E-state index in [-0.39, 0.29) is 17.6 Å². The van der Waals surface area contributed by atoms with Crippen molar-refractivity contribution in [1.29, 1.82) is 0 Å². The minimum atomic E-state index is -0.310. The van der Waals surface area contributed by atoms with Crippen LogP contribution in [0.2, 0.25) is 0 Å². The monoisotopic (exact) mass is 405 g/mol. The molecule has 0 saturated carbocycles. The number of ether oxygens (including phenoxy) is 1. The topological polar surface area (TPSA) is 89.0 Å². The highest BCUT2D eigenvalue weighted by atomic mass is 16.5. The van der Waals surface area contributed by atoms with Crippen molar-refractivity contribution in [2.24, 2.45) is 0 Å². The normalized spacial score (nSPS) is 15.5. The molecule has 1 amide bonds. The van der Waals surface area contributed by atoms with Crippen molar-refractivity contribution in [3.8, 4) is 11.1 Å². The molecule has 2 N–H and O–H groups in total. The molecule has 156 valence electrons. The zero-order valence-corrected chi connectivity index (χ0v) is 17.3. The summed E-state index contributed by atoms with van der Waals surface area (Å²) >= 11 is 0. The zero-order chi connectivity index (χ0) is 21.2. The third kappa shape index (κ3) is 5.61. The van der Waals surface area contributed by atoms with E-state index >= 15 is 0 Å². The van der Waals surface area contributed by atoms with Crippen LogP contribution < -0.4 is 10.6 Å². The second-order valence-electron chi connectivity index (χ2n) is 6.57. The van der Waals surface area contributed by atoms with Gasteiger partial charge >= 0.3 is 0 Å². The van der Waals surface area contributed by atoms with E-state index in [4.69, 9.17) is 4.74 Å². The van der Waals surface area contributed by atoms with Crippen molar-refractivity contribution < 1.29 is 9.53 Å². The first-order valence-corrected chi connectivity index (χ1v) is 10.3. The average Bonchev–Trinajstić information content (AvgIpc) is 2.82. The summed E-state index contributed by atoms with van der Waals surface area (Å²) in [4.78, 5) is 25.5. The van der Waals surface area contributed by atoms with Crippen LogP contribution in [0, 0.1) is 0 Å². The Bertz CT molecular complexity index is 943. The lowest BCUT2D eigenvalue weighted by molar-refractivity contribution is 0.0874. The van der Waals surface area contributed by atoms with Crippen molar-refractivity contribution in [3.63, 3.8) is 0 Å². The first-order valence-electron chi connectivity index (χ1n) is 10.3. The molecule has 7 nitrogen and oxygen atoms in total. The fourth-order valence-electron chi connectivity index (χ4n) is 3.14. The summed E-state index contributed by atoms with van der Waals surface area (Å²) in [6.45, 7) is 5.41. The van der Waals surface area contributed by atoms with E-state index < -0.39 is 0 Å². The van der Waals surface area contributed by atoms with Gasteiger partial charge in [-0.2, -0.15) is 0 Å². The molecular formula is C23H27N5O2. The molecule has 1 unspecified atom stereocenters. The Morgan fingerprint density at radius 3 is 2.70 bits per heavy atom. The number of carbonyl (C=O) groups excluding carboxylic acids is 1. The summed E-state index contributed by atoms with van der Waals surface area (Å²) in [6, 6.07) is 13.5. The third-order valence-electron chi connectivity index (χ3n) is 4.54. The highest BCUT2D eigenvalue weighted by Crippen LogP contribution is 2.27. The van der Waals surface area contributed by atoms with Crippen LogP contribution in [-0.4, -0.2) is 40.1 Å². The van der Waals surface area contributed by atoms with Gasteiger partial charge in [-0.25, -0.2) is 9.97 Å². The predicted octanol–water partition coefficient (Wildman–Crippen LogP) is 4.41. The Kier molecular flexibility index (Phi) is 7.86. The SMILES string of the molecule is CC.O=C(Nc1cnccc1-c1ccccc1)c1ccnc(NC2CCCOC2)n1. The van der Waals surface area contributed by atoms with Crippen LogP contribution in [-0.2, 0) is 4.74 Å². The Hall–Kier alpha value is -3.32. The minimum absolute atomic E-state index is 0.162. The van der Waals surface area contributed by atoms with Crippen LogP contribution in [0.3, 0.4) is 0 Å². The summed E-state index contributed by atoms with van der Waals surface area (Å²) in [5.41, 5.74) is 2.82. The van der Waals surface area contributed by atoms with Gasteiger partial charge in [-0.1, -0.05) is 44.2 Å². The Balaban J connectivity index is 0.00000124. The van der Waals surface area contributed by atoms with Gasteiger partial charge in [0.15, 0.2) is 0 Å². The van der Waals surface area contributed by atoms with Gasteiger partial charge in [0.1, 0.15) is 5.69 Å². The number of nitrogens with one attached hydrogen (secondary N) is 2. The van der Waals surface area contributed by atoms with Crippen LogP contribution in [0.4, 0.5) is 11.6 Å². The van der Waals surface area contributed by atoms with Crippen LogP contribution in [0.15, 0.2) is 61.1 Å². The lowest BCUT2D eigenvalue weighted by atomic mass is 10.1. The lowest BCUT2D eigenvalue weighted by Crippen LogP contribution is -2.31. The summed E-state index contributed by atoms with van der Waals surface area (Å²) < 4.78 is 5.46. The maximum atomic E-state index is 12.8. The quantitative estimate of drug-likeness (QED) is 0.654. The molecule has 7 heteroatoms. The zero-order valence-electron chi connectivity index (χ0n) is 17.3. The van der Waals surface area contributed by atoms with E-state index in [1.807, 2.05) is 50.2 Å². The van der Waals surface area contributed by atoms with Gasteiger partial charge in [-0.15, -0.1) is 0 Å². The second-order valence-corrected chi connectivity index (χ2v) is 6.57. The van der Waals surface area contributed by atoms with Gasteiger partial charge < -0.3 is 15.4 Å².